The Bertz CT molecular complexity index is 1190. The summed E-state index contributed by atoms with van der Waals surface area (Å²) in [6, 6.07) is 11.1. The minimum atomic E-state index is -0.822. The Morgan fingerprint density at radius 2 is 1.76 bits per heavy atom. The van der Waals surface area contributed by atoms with Crippen molar-refractivity contribution in [2.75, 3.05) is 60.2 Å². The van der Waals surface area contributed by atoms with Crippen molar-refractivity contribution in [2.45, 2.75) is 12.5 Å². The lowest BCUT2D eigenvalue weighted by Crippen LogP contribution is -2.39. The Balaban J connectivity index is 1.71. The number of amides is 1. The van der Waals surface area contributed by atoms with E-state index < -0.39 is 17.7 Å². The molecule has 0 aliphatic carbocycles. The van der Waals surface area contributed by atoms with Crippen LogP contribution in [0.4, 0.5) is 0 Å². The van der Waals surface area contributed by atoms with Gasteiger partial charge in [0.1, 0.15) is 29.6 Å². The van der Waals surface area contributed by atoms with Crippen molar-refractivity contribution in [2.24, 2.45) is 0 Å². The zero-order valence-corrected chi connectivity index (χ0v) is 21.9. The Morgan fingerprint density at radius 1 is 1.05 bits per heavy atom. The second kappa shape index (κ2) is 12.6. The molecule has 0 saturated carbocycles. The van der Waals surface area contributed by atoms with Gasteiger partial charge in [-0.2, -0.15) is 0 Å². The largest absolute Gasteiger partial charge is 0.507 e. The van der Waals surface area contributed by atoms with Crippen LogP contribution in [-0.2, 0) is 14.3 Å². The van der Waals surface area contributed by atoms with Crippen molar-refractivity contribution in [1.82, 2.24) is 9.80 Å². The number of carbonyl (C=O) groups is 2. The molecular formula is C29H34N2O7. The highest BCUT2D eigenvalue weighted by molar-refractivity contribution is 6.46. The standard InChI is InChI=1S/C29H34N2O7/c1-4-16-38-21-8-6-20(7-9-21)27(32)25-26(23-11-10-22(35-2)19-24(23)36-3)31(29(34)28(25)33)13-5-12-30-14-17-37-18-15-30/h4,6-11,19,26,32H,1,5,12-18H2,2-3H3/b27-25+. The van der Waals surface area contributed by atoms with Crippen LogP contribution in [0.5, 0.6) is 17.2 Å². The lowest BCUT2D eigenvalue weighted by Gasteiger charge is -2.29. The number of ether oxygens (including phenoxy) is 4. The lowest BCUT2D eigenvalue weighted by atomic mass is 9.94. The maximum Gasteiger partial charge on any atom is 0.295 e. The minimum Gasteiger partial charge on any atom is -0.507 e. The van der Waals surface area contributed by atoms with Crippen molar-refractivity contribution in [3.8, 4) is 17.2 Å². The number of hydrogen-bond acceptors (Lipinski definition) is 8. The molecule has 2 aliphatic rings. The van der Waals surface area contributed by atoms with Crippen molar-refractivity contribution in [3.63, 3.8) is 0 Å². The van der Waals surface area contributed by atoms with Crippen molar-refractivity contribution >= 4 is 17.4 Å². The molecule has 9 nitrogen and oxygen atoms in total. The van der Waals surface area contributed by atoms with Gasteiger partial charge in [0.2, 0.25) is 0 Å². The van der Waals surface area contributed by atoms with E-state index in [0.29, 0.717) is 61.2 Å². The van der Waals surface area contributed by atoms with Gasteiger partial charge < -0.3 is 29.0 Å². The number of benzene rings is 2. The third-order valence-electron chi connectivity index (χ3n) is 6.75. The van der Waals surface area contributed by atoms with Crippen LogP contribution in [0.25, 0.3) is 5.76 Å². The van der Waals surface area contributed by atoms with Crippen molar-refractivity contribution < 1.29 is 33.6 Å². The first kappa shape index (κ1) is 27.2. The van der Waals surface area contributed by atoms with Crippen molar-refractivity contribution in [1.29, 1.82) is 0 Å². The van der Waals surface area contributed by atoms with Gasteiger partial charge >= 0.3 is 0 Å². The van der Waals surface area contributed by atoms with E-state index in [1.165, 1.54) is 12.0 Å². The monoisotopic (exact) mass is 522 g/mol. The molecule has 2 saturated heterocycles. The fourth-order valence-electron chi connectivity index (χ4n) is 4.79. The summed E-state index contributed by atoms with van der Waals surface area (Å²) in [5.41, 5.74) is 1.01. The van der Waals surface area contributed by atoms with Gasteiger partial charge in [-0.1, -0.05) is 12.7 Å². The summed E-state index contributed by atoms with van der Waals surface area (Å²) in [6.45, 7) is 8.13. The maximum atomic E-state index is 13.4. The normalized spacial score (nSPS) is 19.4. The highest BCUT2D eigenvalue weighted by atomic mass is 16.5. The van der Waals surface area contributed by atoms with Crippen molar-refractivity contribution in [3.05, 3.63) is 71.8 Å². The number of aliphatic hydroxyl groups excluding tert-OH is 1. The summed E-state index contributed by atoms with van der Waals surface area (Å²) in [7, 11) is 3.07. The van der Waals surface area contributed by atoms with E-state index in [9.17, 15) is 14.7 Å². The van der Waals surface area contributed by atoms with Crippen LogP contribution in [0.3, 0.4) is 0 Å². The first-order valence-electron chi connectivity index (χ1n) is 12.6. The number of ketones is 1. The Morgan fingerprint density at radius 3 is 2.42 bits per heavy atom. The lowest BCUT2D eigenvalue weighted by molar-refractivity contribution is -0.140. The van der Waals surface area contributed by atoms with Crippen LogP contribution in [0.2, 0.25) is 0 Å². The first-order chi connectivity index (χ1) is 18.5. The molecule has 1 N–H and O–H groups in total. The van der Waals surface area contributed by atoms with Crippen LogP contribution >= 0.6 is 0 Å². The molecule has 2 heterocycles. The second-order valence-corrected chi connectivity index (χ2v) is 9.03. The van der Waals surface area contributed by atoms with Gasteiger partial charge in [0, 0.05) is 43.4 Å². The summed E-state index contributed by atoms with van der Waals surface area (Å²) >= 11 is 0. The number of methoxy groups -OCH3 is 2. The molecule has 0 aromatic heterocycles. The summed E-state index contributed by atoms with van der Waals surface area (Å²) < 4.78 is 21.9. The van der Waals surface area contributed by atoms with E-state index in [2.05, 4.69) is 11.5 Å². The molecule has 2 aliphatic heterocycles. The number of carbonyl (C=O) groups excluding carboxylic acids is 2. The zero-order chi connectivity index (χ0) is 27.1. The van der Waals surface area contributed by atoms with Gasteiger partial charge in [-0.15, -0.1) is 0 Å². The molecule has 1 unspecified atom stereocenters. The molecule has 2 aromatic rings. The SMILES string of the molecule is C=CCOc1ccc(/C(O)=C2\C(=O)C(=O)N(CCCN3CCOCC3)C2c2ccc(OC)cc2OC)cc1. The second-order valence-electron chi connectivity index (χ2n) is 9.03. The van der Waals surface area contributed by atoms with Crippen LogP contribution in [0, 0.1) is 0 Å². The predicted octanol–water partition coefficient (Wildman–Crippen LogP) is 3.41. The predicted molar refractivity (Wildman–Crippen MR) is 143 cm³/mol. The molecule has 1 atom stereocenters. The van der Waals surface area contributed by atoms with Crippen LogP contribution in [0.1, 0.15) is 23.6 Å². The smallest absolute Gasteiger partial charge is 0.295 e. The van der Waals surface area contributed by atoms with Gasteiger partial charge in [-0.25, -0.2) is 0 Å². The third kappa shape index (κ3) is 5.84. The van der Waals surface area contributed by atoms with Gasteiger partial charge in [0.25, 0.3) is 11.7 Å². The van der Waals surface area contributed by atoms with E-state index in [4.69, 9.17) is 18.9 Å². The highest BCUT2D eigenvalue weighted by Gasteiger charge is 2.47. The topological polar surface area (TPSA) is 97.8 Å². The average Bonchev–Trinajstić information content (AvgIpc) is 3.21. The number of rotatable bonds is 11. The number of hydrogen-bond donors (Lipinski definition) is 1. The first-order valence-corrected chi connectivity index (χ1v) is 12.6. The fourth-order valence-corrected chi connectivity index (χ4v) is 4.79. The Labute approximate surface area is 222 Å². The Hall–Kier alpha value is -3.82. The summed E-state index contributed by atoms with van der Waals surface area (Å²) in [5.74, 6) is -0.0138. The molecule has 4 rings (SSSR count). The third-order valence-corrected chi connectivity index (χ3v) is 6.75. The fraction of sp³-hybridized carbons (Fsp3) is 0.379. The molecule has 0 bridgehead atoms. The van der Waals surface area contributed by atoms with E-state index >= 15 is 0 Å². The molecule has 9 heteroatoms. The quantitative estimate of drug-likeness (QED) is 0.208. The Kier molecular flexibility index (Phi) is 9.04. The average molecular weight is 523 g/mol. The van der Waals surface area contributed by atoms with Crippen LogP contribution < -0.4 is 14.2 Å². The summed E-state index contributed by atoms with van der Waals surface area (Å²) in [5, 5.41) is 11.4. The maximum absolute atomic E-state index is 13.4. The molecule has 38 heavy (non-hydrogen) atoms. The van der Waals surface area contributed by atoms with Gasteiger partial charge in [0.15, 0.2) is 0 Å². The van der Waals surface area contributed by atoms with Gasteiger partial charge in [-0.3, -0.25) is 14.5 Å². The number of Topliss-reactive ketones (excluding diaryl/α,β-unsaturated/α-hetero) is 1. The van der Waals surface area contributed by atoms with Crippen LogP contribution in [0.15, 0.2) is 60.7 Å². The van der Waals surface area contributed by atoms with Crippen LogP contribution in [-0.4, -0.2) is 86.8 Å². The molecule has 2 fully saturated rings. The van der Waals surface area contributed by atoms with E-state index in [0.717, 1.165) is 19.6 Å². The highest BCUT2D eigenvalue weighted by Crippen LogP contribution is 2.43. The number of aliphatic hydroxyl groups is 1. The number of morpholine rings is 1. The number of nitrogens with zero attached hydrogens (tertiary/aromatic N) is 2. The molecule has 0 spiro atoms. The molecule has 0 radical (unpaired) electrons. The van der Waals surface area contributed by atoms with E-state index in [1.807, 2.05) is 0 Å². The molecule has 202 valence electrons. The molecular weight excluding hydrogens is 488 g/mol. The molecule has 2 aromatic carbocycles. The van der Waals surface area contributed by atoms with Gasteiger partial charge in [0.05, 0.1) is 39.0 Å². The zero-order valence-electron chi connectivity index (χ0n) is 21.9. The minimum absolute atomic E-state index is 0.0181. The summed E-state index contributed by atoms with van der Waals surface area (Å²) in [6.07, 6.45) is 2.30. The van der Waals surface area contributed by atoms with Gasteiger partial charge in [-0.05, 0) is 42.8 Å². The number of likely N-dealkylation sites (tertiary alicyclic amines) is 1. The van der Waals surface area contributed by atoms with E-state index in [-0.39, 0.29) is 11.3 Å². The van der Waals surface area contributed by atoms with E-state index in [1.54, 1.807) is 55.7 Å². The molecule has 1 amide bonds. The summed E-state index contributed by atoms with van der Waals surface area (Å²) in [4.78, 5) is 30.5.